The molecule has 1 N–H and O–H groups in total. The van der Waals surface area contributed by atoms with Gasteiger partial charge in [0.25, 0.3) is 0 Å². The van der Waals surface area contributed by atoms with Crippen molar-refractivity contribution < 1.29 is 14.3 Å². The summed E-state index contributed by atoms with van der Waals surface area (Å²) in [6, 6.07) is 6.18. The average molecular weight is 339 g/mol. The molecule has 2 aromatic rings. The van der Waals surface area contributed by atoms with Crippen LogP contribution in [0, 0.1) is 5.92 Å². The fourth-order valence-corrected chi connectivity index (χ4v) is 4.16. The lowest BCUT2D eigenvalue weighted by Crippen LogP contribution is -2.46. The first kappa shape index (κ1) is 15.9. The highest BCUT2D eigenvalue weighted by Crippen LogP contribution is 2.41. The minimum atomic E-state index is -0.385. The standard InChI is InChI=1S/C19H21N3O3/c1-20-18(23)12-7-14-13-5-4-6-15-17(13)11(8-16(14)21(2)9-12)10-22(15)19(24)25-3/h4-7,10,12,16H,8-9H2,1-3H3,(H,20,23). The zero-order valence-corrected chi connectivity index (χ0v) is 14.6. The third kappa shape index (κ3) is 2.28. The molecule has 1 aliphatic heterocycles. The number of carbonyl (C=O) groups excluding carboxylic acids is 2. The Kier molecular flexibility index (Phi) is 3.65. The van der Waals surface area contributed by atoms with Crippen molar-refractivity contribution in [2.75, 3.05) is 27.7 Å². The molecule has 2 heterocycles. The summed E-state index contributed by atoms with van der Waals surface area (Å²) in [5, 5.41) is 3.83. The van der Waals surface area contributed by atoms with Crippen LogP contribution in [0.4, 0.5) is 4.79 Å². The summed E-state index contributed by atoms with van der Waals surface area (Å²) >= 11 is 0. The van der Waals surface area contributed by atoms with Crippen molar-refractivity contribution in [2.24, 2.45) is 5.92 Å². The highest BCUT2D eigenvalue weighted by atomic mass is 16.5. The lowest BCUT2D eigenvalue weighted by atomic mass is 9.80. The molecule has 130 valence electrons. The first-order chi connectivity index (χ1) is 12.0. The van der Waals surface area contributed by atoms with Crippen molar-refractivity contribution in [1.82, 2.24) is 14.8 Å². The van der Waals surface area contributed by atoms with Crippen LogP contribution in [0.2, 0.25) is 0 Å². The summed E-state index contributed by atoms with van der Waals surface area (Å²) in [5.74, 6) is -0.136. The number of benzene rings is 1. The number of nitrogens with one attached hydrogen (secondary N) is 1. The van der Waals surface area contributed by atoms with Gasteiger partial charge in [-0.15, -0.1) is 0 Å². The number of aromatic nitrogens is 1. The molecule has 2 aliphatic rings. The maximum absolute atomic E-state index is 12.2. The summed E-state index contributed by atoms with van der Waals surface area (Å²) in [7, 11) is 5.11. The number of methoxy groups -OCH3 is 1. The summed E-state index contributed by atoms with van der Waals surface area (Å²) < 4.78 is 6.48. The van der Waals surface area contributed by atoms with Gasteiger partial charge in [-0.25, -0.2) is 4.79 Å². The molecular weight excluding hydrogens is 318 g/mol. The molecule has 25 heavy (non-hydrogen) atoms. The predicted molar refractivity (Wildman–Crippen MR) is 95.4 cm³/mol. The van der Waals surface area contributed by atoms with Crippen molar-refractivity contribution in [1.29, 1.82) is 0 Å². The van der Waals surface area contributed by atoms with Crippen molar-refractivity contribution in [3.8, 4) is 0 Å². The van der Waals surface area contributed by atoms with E-state index in [0.29, 0.717) is 6.54 Å². The lowest BCUT2D eigenvalue weighted by Gasteiger charge is -2.39. The van der Waals surface area contributed by atoms with Gasteiger partial charge >= 0.3 is 6.09 Å². The van der Waals surface area contributed by atoms with E-state index >= 15 is 0 Å². The van der Waals surface area contributed by atoms with E-state index in [-0.39, 0.29) is 24.0 Å². The summed E-state index contributed by atoms with van der Waals surface area (Å²) in [4.78, 5) is 26.5. The Balaban J connectivity index is 1.92. The molecular formula is C19H21N3O3. The van der Waals surface area contributed by atoms with Crippen LogP contribution in [0.25, 0.3) is 16.5 Å². The molecule has 6 nitrogen and oxygen atoms in total. The Labute approximate surface area is 146 Å². The second-order valence-corrected chi connectivity index (χ2v) is 6.70. The average Bonchev–Trinajstić information content (AvgIpc) is 3.01. The Morgan fingerprint density at radius 1 is 1.32 bits per heavy atom. The van der Waals surface area contributed by atoms with E-state index in [2.05, 4.69) is 29.4 Å². The minimum Gasteiger partial charge on any atom is -0.452 e. The molecule has 4 rings (SSSR count). The quantitative estimate of drug-likeness (QED) is 0.862. The number of amides is 1. The van der Waals surface area contributed by atoms with Crippen LogP contribution in [0.1, 0.15) is 11.1 Å². The Bertz CT molecular complexity index is 912. The van der Waals surface area contributed by atoms with Crippen molar-refractivity contribution in [3.63, 3.8) is 0 Å². The number of likely N-dealkylation sites (N-methyl/N-ethyl adjacent to an activating group) is 1. The van der Waals surface area contributed by atoms with Crippen LogP contribution in [0.3, 0.4) is 0 Å². The van der Waals surface area contributed by atoms with Crippen LogP contribution in [0.5, 0.6) is 0 Å². The molecule has 2 unspecified atom stereocenters. The topological polar surface area (TPSA) is 63.6 Å². The van der Waals surface area contributed by atoms with Gasteiger partial charge in [0.15, 0.2) is 0 Å². The highest BCUT2D eigenvalue weighted by Gasteiger charge is 2.36. The molecule has 0 saturated heterocycles. The third-order valence-corrected chi connectivity index (χ3v) is 5.34. The molecule has 0 saturated carbocycles. The zero-order valence-electron chi connectivity index (χ0n) is 14.6. The van der Waals surface area contributed by atoms with E-state index in [1.54, 1.807) is 11.6 Å². The first-order valence-electron chi connectivity index (χ1n) is 8.40. The molecule has 0 spiro atoms. The predicted octanol–water partition coefficient (Wildman–Crippen LogP) is 1.87. The Hall–Kier alpha value is -2.60. The van der Waals surface area contributed by atoms with Gasteiger partial charge in [-0.05, 0) is 36.2 Å². The SMILES string of the molecule is CNC(=O)C1C=C2c3cccc4c3c(cn4C(=O)OC)CC2N(C)C1. The summed E-state index contributed by atoms with van der Waals surface area (Å²) in [6.45, 7) is 0.691. The van der Waals surface area contributed by atoms with E-state index in [0.717, 1.165) is 28.5 Å². The smallest absolute Gasteiger partial charge is 0.418 e. The van der Waals surface area contributed by atoms with Crippen LogP contribution in [-0.4, -0.2) is 55.3 Å². The molecule has 6 heteroatoms. The van der Waals surface area contributed by atoms with Crippen molar-refractivity contribution in [2.45, 2.75) is 12.5 Å². The van der Waals surface area contributed by atoms with E-state index in [1.165, 1.54) is 12.7 Å². The molecule has 0 bridgehead atoms. The van der Waals surface area contributed by atoms with Gasteiger partial charge in [0.2, 0.25) is 5.91 Å². The number of nitrogens with zero attached hydrogens (tertiary/aromatic N) is 2. The van der Waals surface area contributed by atoms with Crippen molar-refractivity contribution in [3.05, 3.63) is 41.6 Å². The van der Waals surface area contributed by atoms with Gasteiger partial charge in [-0.3, -0.25) is 14.3 Å². The first-order valence-corrected chi connectivity index (χ1v) is 8.40. The Morgan fingerprint density at radius 2 is 2.12 bits per heavy atom. The molecule has 0 fully saturated rings. The molecule has 1 amide bonds. The number of rotatable bonds is 1. The van der Waals surface area contributed by atoms with Gasteiger partial charge in [0.05, 0.1) is 18.5 Å². The van der Waals surface area contributed by atoms with E-state index in [1.807, 2.05) is 18.3 Å². The molecule has 1 aromatic carbocycles. The monoisotopic (exact) mass is 339 g/mol. The van der Waals surface area contributed by atoms with E-state index in [4.69, 9.17) is 4.74 Å². The minimum absolute atomic E-state index is 0.0305. The van der Waals surface area contributed by atoms with Crippen LogP contribution in [0.15, 0.2) is 30.5 Å². The molecule has 2 atom stereocenters. The second kappa shape index (κ2) is 5.74. The number of hydrogen-bond acceptors (Lipinski definition) is 4. The normalized spacial score (nSPS) is 22.3. The van der Waals surface area contributed by atoms with Crippen LogP contribution >= 0.6 is 0 Å². The largest absolute Gasteiger partial charge is 0.452 e. The van der Waals surface area contributed by atoms with E-state index < -0.39 is 0 Å². The maximum atomic E-state index is 12.2. The highest BCUT2D eigenvalue weighted by molar-refractivity contribution is 6.02. The van der Waals surface area contributed by atoms with Gasteiger partial charge < -0.3 is 10.1 Å². The van der Waals surface area contributed by atoms with Gasteiger partial charge in [0, 0.05) is 31.2 Å². The number of ether oxygens (including phenoxy) is 1. The molecule has 1 aromatic heterocycles. The van der Waals surface area contributed by atoms with Gasteiger partial charge in [-0.2, -0.15) is 0 Å². The van der Waals surface area contributed by atoms with Gasteiger partial charge in [0.1, 0.15) is 0 Å². The fraction of sp³-hybridized carbons (Fsp3) is 0.368. The molecule has 1 aliphatic carbocycles. The zero-order chi connectivity index (χ0) is 17.7. The van der Waals surface area contributed by atoms with Crippen molar-refractivity contribution >= 4 is 28.5 Å². The summed E-state index contributed by atoms with van der Waals surface area (Å²) in [6.07, 6.45) is 4.41. The third-order valence-electron chi connectivity index (χ3n) is 5.34. The number of hydrogen-bond donors (Lipinski definition) is 1. The van der Waals surface area contributed by atoms with Crippen LogP contribution in [-0.2, 0) is 16.0 Å². The van der Waals surface area contributed by atoms with E-state index in [9.17, 15) is 9.59 Å². The maximum Gasteiger partial charge on any atom is 0.418 e. The van der Waals surface area contributed by atoms with Gasteiger partial charge in [-0.1, -0.05) is 18.2 Å². The summed E-state index contributed by atoms with van der Waals surface area (Å²) in [5.41, 5.74) is 4.27. The number of fused-ring (bicyclic) bond motifs is 2. The molecule has 0 radical (unpaired) electrons. The number of carbonyl (C=O) groups is 2. The fourth-order valence-electron chi connectivity index (χ4n) is 4.16. The second-order valence-electron chi connectivity index (χ2n) is 6.70. The van der Waals surface area contributed by atoms with Crippen LogP contribution < -0.4 is 5.32 Å². The lowest BCUT2D eigenvalue weighted by molar-refractivity contribution is -0.123. The Morgan fingerprint density at radius 3 is 2.84 bits per heavy atom.